The van der Waals surface area contributed by atoms with Crippen molar-refractivity contribution in [2.24, 2.45) is 7.05 Å². The SMILES string of the molecule is CC(C)c1cc[n+](C)c(-n2c3c(c4ccccc42)C=CC[C@@H]3C)c1. The zero-order valence-electron chi connectivity index (χ0n) is 15.0. The van der Waals surface area contributed by atoms with Gasteiger partial charge in [0.25, 0.3) is 5.82 Å². The van der Waals surface area contributed by atoms with E-state index in [2.05, 4.69) is 91.7 Å². The number of nitrogens with zero attached hydrogens (tertiary/aromatic N) is 2. The van der Waals surface area contributed by atoms with E-state index >= 15 is 0 Å². The summed E-state index contributed by atoms with van der Waals surface area (Å²) in [6, 6.07) is 13.4. The zero-order valence-corrected chi connectivity index (χ0v) is 15.0. The number of fused-ring (bicyclic) bond motifs is 3. The van der Waals surface area contributed by atoms with E-state index in [0.29, 0.717) is 11.8 Å². The van der Waals surface area contributed by atoms with E-state index in [4.69, 9.17) is 0 Å². The van der Waals surface area contributed by atoms with Crippen LogP contribution < -0.4 is 4.57 Å². The molecule has 122 valence electrons. The van der Waals surface area contributed by atoms with Gasteiger partial charge in [-0.2, -0.15) is 4.57 Å². The number of aromatic nitrogens is 2. The first kappa shape index (κ1) is 15.2. The highest BCUT2D eigenvalue weighted by atomic mass is 15.1. The van der Waals surface area contributed by atoms with E-state index in [1.807, 2.05) is 0 Å². The van der Waals surface area contributed by atoms with Crippen LogP contribution in [0.3, 0.4) is 0 Å². The van der Waals surface area contributed by atoms with Gasteiger partial charge in [0.05, 0.1) is 13.2 Å². The predicted octanol–water partition coefficient (Wildman–Crippen LogP) is 5.10. The summed E-state index contributed by atoms with van der Waals surface area (Å²) in [5.41, 5.74) is 5.51. The molecule has 1 aromatic carbocycles. The molecule has 0 aliphatic heterocycles. The first-order valence-corrected chi connectivity index (χ1v) is 8.87. The molecule has 0 fully saturated rings. The standard InChI is InChI=1S/C22H25N2/c1-15(2)17-12-13-23(4)21(14-17)24-20-11-6-5-9-18(20)19-10-7-8-16(3)22(19)24/h5-7,9-16H,8H2,1-4H3/q+1/t16-/m0/s1. The van der Waals surface area contributed by atoms with Gasteiger partial charge in [-0.1, -0.05) is 45.1 Å². The second-order valence-electron chi connectivity index (χ2n) is 7.27. The Labute approximate surface area is 144 Å². The lowest BCUT2D eigenvalue weighted by Crippen LogP contribution is -2.34. The Kier molecular flexibility index (Phi) is 3.56. The van der Waals surface area contributed by atoms with Gasteiger partial charge in [-0.15, -0.1) is 0 Å². The van der Waals surface area contributed by atoms with Gasteiger partial charge < -0.3 is 0 Å². The number of aryl methyl sites for hydroxylation is 1. The molecule has 1 atom stereocenters. The summed E-state index contributed by atoms with van der Waals surface area (Å²) in [4.78, 5) is 0. The topological polar surface area (TPSA) is 8.81 Å². The molecule has 0 saturated heterocycles. The Bertz CT molecular complexity index is 944. The van der Waals surface area contributed by atoms with Crippen LogP contribution in [0.25, 0.3) is 22.8 Å². The fraction of sp³-hybridized carbons (Fsp3) is 0.318. The van der Waals surface area contributed by atoms with Crippen molar-refractivity contribution in [1.82, 2.24) is 4.57 Å². The average molecular weight is 317 g/mol. The molecule has 0 N–H and O–H groups in total. The molecule has 2 heterocycles. The predicted molar refractivity (Wildman–Crippen MR) is 101 cm³/mol. The molecule has 0 saturated carbocycles. The van der Waals surface area contributed by atoms with E-state index in [1.54, 1.807) is 0 Å². The van der Waals surface area contributed by atoms with Gasteiger partial charge in [0.1, 0.15) is 11.2 Å². The molecule has 0 bridgehead atoms. The lowest BCUT2D eigenvalue weighted by molar-refractivity contribution is -0.665. The van der Waals surface area contributed by atoms with Crippen LogP contribution in [-0.2, 0) is 7.05 Å². The van der Waals surface area contributed by atoms with Gasteiger partial charge in [-0.3, -0.25) is 0 Å². The monoisotopic (exact) mass is 317 g/mol. The van der Waals surface area contributed by atoms with Crippen molar-refractivity contribution in [1.29, 1.82) is 0 Å². The molecule has 0 unspecified atom stereocenters. The van der Waals surface area contributed by atoms with Crippen LogP contribution in [0.5, 0.6) is 0 Å². The molecule has 3 aromatic rings. The first-order chi connectivity index (χ1) is 11.6. The van der Waals surface area contributed by atoms with Crippen LogP contribution in [-0.4, -0.2) is 4.57 Å². The quantitative estimate of drug-likeness (QED) is 0.582. The summed E-state index contributed by atoms with van der Waals surface area (Å²) in [6.45, 7) is 6.85. The van der Waals surface area contributed by atoms with Crippen LogP contribution in [0.1, 0.15) is 55.8 Å². The van der Waals surface area contributed by atoms with Crippen LogP contribution in [0.15, 0.2) is 48.7 Å². The minimum absolute atomic E-state index is 0.528. The van der Waals surface area contributed by atoms with E-state index in [-0.39, 0.29) is 0 Å². The molecular formula is C22H25N2+. The maximum absolute atomic E-state index is 2.48. The van der Waals surface area contributed by atoms with Gasteiger partial charge in [-0.25, -0.2) is 4.57 Å². The third kappa shape index (κ3) is 2.21. The largest absolute Gasteiger partial charge is 0.286 e. The summed E-state index contributed by atoms with van der Waals surface area (Å²) in [6.07, 6.45) is 7.92. The Morgan fingerprint density at radius 1 is 1.17 bits per heavy atom. The van der Waals surface area contributed by atoms with Crippen LogP contribution >= 0.6 is 0 Å². The smallest absolute Gasteiger partial charge is 0.237 e. The lowest BCUT2D eigenvalue weighted by Gasteiger charge is -2.16. The highest BCUT2D eigenvalue weighted by Crippen LogP contribution is 2.38. The molecule has 2 aromatic heterocycles. The number of allylic oxidation sites excluding steroid dienone is 1. The van der Waals surface area contributed by atoms with Crippen molar-refractivity contribution in [2.45, 2.75) is 39.0 Å². The zero-order chi connectivity index (χ0) is 16.8. The Morgan fingerprint density at radius 3 is 2.75 bits per heavy atom. The Morgan fingerprint density at radius 2 is 1.96 bits per heavy atom. The fourth-order valence-electron chi connectivity index (χ4n) is 3.85. The molecule has 4 rings (SSSR count). The minimum atomic E-state index is 0.528. The van der Waals surface area contributed by atoms with Crippen molar-refractivity contribution >= 4 is 17.0 Å². The minimum Gasteiger partial charge on any atom is -0.237 e. The number of hydrogen-bond acceptors (Lipinski definition) is 0. The molecule has 1 aliphatic carbocycles. The summed E-state index contributed by atoms with van der Waals surface area (Å²) in [7, 11) is 2.14. The molecule has 24 heavy (non-hydrogen) atoms. The van der Waals surface area contributed by atoms with Crippen LogP contribution in [0, 0.1) is 0 Å². The molecule has 0 spiro atoms. The average Bonchev–Trinajstić information content (AvgIpc) is 2.91. The van der Waals surface area contributed by atoms with Gasteiger partial charge >= 0.3 is 0 Å². The van der Waals surface area contributed by atoms with E-state index in [1.165, 1.54) is 33.5 Å². The Balaban J connectivity index is 2.10. The highest BCUT2D eigenvalue weighted by Gasteiger charge is 2.29. The van der Waals surface area contributed by atoms with E-state index in [9.17, 15) is 0 Å². The second kappa shape index (κ2) is 5.62. The normalized spacial score (nSPS) is 16.8. The van der Waals surface area contributed by atoms with Crippen molar-refractivity contribution in [3.05, 3.63) is 65.5 Å². The van der Waals surface area contributed by atoms with Gasteiger partial charge in [0.2, 0.25) is 0 Å². The molecule has 2 nitrogen and oxygen atoms in total. The van der Waals surface area contributed by atoms with Gasteiger partial charge in [-0.05, 0) is 36.1 Å². The van der Waals surface area contributed by atoms with Crippen LogP contribution in [0.2, 0.25) is 0 Å². The lowest BCUT2D eigenvalue weighted by atomic mass is 9.93. The maximum Gasteiger partial charge on any atom is 0.286 e. The Hall–Kier alpha value is -2.35. The third-order valence-corrected chi connectivity index (χ3v) is 5.24. The molecule has 0 amide bonds. The van der Waals surface area contributed by atoms with Crippen molar-refractivity contribution in [3.63, 3.8) is 0 Å². The number of hydrogen-bond donors (Lipinski definition) is 0. The number of rotatable bonds is 2. The summed E-state index contributed by atoms with van der Waals surface area (Å²) < 4.78 is 4.72. The maximum atomic E-state index is 2.48. The molecular weight excluding hydrogens is 292 g/mol. The van der Waals surface area contributed by atoms with Crippen molar-refractivity contribution < 1.29 is 4.57 Å². The number of para-hydroxylation sites is 1. The van der Waals surface area contributed by atoms with Crippen molar-refractivity contribution in [2.75, 3.05) is 0 Å². The van der Waals surface area contributed by atoms with Gasteiger partial charge in [0.15, 0.2) is 0 Å². The molecule has 0 radical (unpaired) electrons. The second-order valence-corrected chi connectivity index (χ2v) is 7.27. The summed E-state index contributed by atoms with van der Waals surface area (Å²) in [5.74, 6) is 2.31. The van der Waals surface area contributed by atoms with E-state index in [0.717, 1.165) is 6.42 Å². The summed E-state index contributed by atoms with van der Waals surface area (Å²) >= 11 is 0. The van der Waals surface area contributed by atoms with Crippen molar-refractivity contribution in [3.8, 4) is 5.82 Å². The first-order valence-electron chi connectivity index (χ1n) is 8.87. The third-order valence-electron chi connectivity index (χ3n) is 5.24. The molecule has 2 heteroatoms. The highest BCUT2D eigenvalue weighted by molar-refractivity contribution is 5.93. The van der Waals surface area contributed by atoms with E-state index < -0.39 is 0 Å². The van der Waals surface area contributed by atoms with Crippen LogP contribution in [0.4, 0.5) is 0 Å². The van der Waals surface area contributed by atoms with Gasteiger partial charge in [0, 0.05) is 22.9 Å². The number of pyridine rings is 1. The number of benzene rings is 1. The summed E-state index contributed by atoms with van der Waals surface area (Å²) in [5, 5.41) is 1.35. The fourth-order valence-corrected chi connectivity index (χ4v) is 3.85. The molecule has 1 aliphatic rings.